The molecule has 0 unspecified atom stereocenters. The van der Waals surface area contributed by atoms with Gasteiger partial charge in [0.25, 0.3) is 0 Å². The topological polar surface area (TPSA) is 86.8 Å². The molecule has 0 aliphatic rings. The van der Waals surface area contributed by atoms with Gasteiger partial charge in [-0.1, -0.05) is 65.7 Å². The molecule has 42 heavy (non-hydrogen) atoms. The van der Waals surface area contributed by atoms with Gasteiger partial charge in [-0.25, -0.2) is 8.42 Å². The number of carbonyl (C=O) groups excluding carboxylic acids is 2. The zero-order valence-corrected chi connectivity index (χ0v) is 25.4. The highest BCUT2D eigenvalue weighted by Crippen LogP contribution is 2.37. The van der Waals surface area contributed by atoms with Gasteiger partial charge in [-0.15, -0.1) is 0 Å². The molecule has 7 nitrogen and oxygen atoms in total. The summed E-state index contributed by atoms with van der Waals surface area (Å²) in [5.41, 5.74) is -0.318. The van der Waals surface area contributed by atoms with Crippen LogP contribution in [0.4, 0.5) is 18.9 Å². The summed E-state index contributed by atoms with van der Waals surface area (Å²) in [4.78, 5) is 28.7. The molecule has 0 aliphatic heterocycles. The number of hydrogen-bond donors (Lipinski definition) is 1. The van der Waals surface area contributed by atoms with Crippen LogP contribution in [0.15, 0.2) is 72.8 Å². The molecule has 0 aliphatic carbocycles. The van der Waals surface area contributed by atoms with E-state index in [1.165, 1.54) is 4.90 Å². The zero-order valence-electron chi connectivity index (χ0n) is 23.0. The largest absolute Gasteiger partial charge is 0.417 e. The molecular formula is C29H30Cl2F3N3O4S. The summed E-state index contributed by atoms with van der Waals surface area (Å²) in [6.07, 6.45) is -3.99. The van der Waals surface area contributed by atoms with Crippen molar-refractivity contribution in [2.45, 2.75) is 45.1 Å². The van der Waals surface area contributed by atoms with E-state index in [0.717, 1.165) is 24.0 Å². The number of halogens is 5. The summed E-state index contributed by atoms with van der Waals surface area (Å²) in [5.74, 6) is -1.29. The Balaban J connectivity index is 2.09. The Bertz CT molecular complexity index is 1500. The fraction of sp³-hybridized carbons (Fsp3) is 0.310. The van der Waals surface area contributed by atoms with Crippen LogP contribution in [0.25, 0.3) is 0 Å². The Morgan fingerprint density at radius 3 is 2.10 bits per heavy atom. The number of hydrogen-bond acceptors (Lipinski definition) is 4. The van der Waals surface area contributed by atoms with Gasteiger partial charge in [0.05, 0.1) is 22.5 Å². The number of anilines is 1. The molecular weight excluding hydrogens is 614 g/mol. The number of rotatable bonds is 11. The first kappa shape index (κ1) is 33.2. The number of nitrogens with one attached hydrogen (secondary N) is 1. The van der Waals surface area contributed by atoms with Crippen LogP contribution >= 0.6 is 23.2 Å². The van der Waals surface area contributed by atoms with E-state index in [-0.39, 0.29) is 19.0 Å². The maximum atomic E-state index is 14.0. The molecule has 0 heterocycles. The second-order valence-electron chi connectivity index (χ2n) is 9.95. The van der Waals surface area contributed by atoms with Gasteiger partial charge in [0.15, 0.2) is 0 Å². The van der Waals surface area contributed by atoms with Crippen molar-refractivity contribution in [3.63, 3.8) is 0 Å². The Morgan fingerprint density at radius 1 is 0.929 bits per heavy atom. The Kier molecular flexibility index (Phi) is 10.9. The van der Waals surface area contributed by atoms with Crippen LogP contribution in [0.1, 0.15) is 30.5 Å². The minimum atomic E-state index is -4.86. The normalized spacial score (nSPS) is 12.6. The van der Waals surface area contributed by atoms with E-state index in [1.54, 1.807) is 68.4 Å². The summed E-state index contributed by atoms with van der Waals surface area (Å²) in [6.45, 7) is 2.54. The fourth-order valence-electron chi connectivity index (χ4n) is 4.22. The van der Waals surface area contributed by atoms with Crippen molar-refractivity contribution in [2.24, 2.45) is 0 Å². The Labute approximate surface area is 253 Å². The first-order valence-corrected chi connectivity index (χ1v) is 15.4. The van der Waals surface area contributed by atoms with Crippen molar-refractivity contribution in [1.29, 1.82) is 0 Å². The summed E-state index contributed by atoms with van der Waals surface area (Å²) < 4.78 is 66.9. The highest BCUT2D eigenvalue weighted by Gasteiger charge is 2.36. The molecule has 0 spiro atoms. The lowest BCUT2D eigenvalue weighted by Crippen LogP contribution is -2.54. The second-order valence-corrected chi connectivity index (χ2v) is 12.7. The molecule has 3 aromatic rings. The van der Waals surface area contributed by atoms with Gasteiger partial charge >= 0.3 is 6.18 Å². The van der Waals surface area contributed by atoms with Gasteiger partial charge in [0, 0.05) is 24.0 Å². The zero-order chi connectivity index (χ0) is 31.2. The maximum Gasteiger partial charge on any atom is 0.417 e. The van der Waals surface area contributed by atoms with Gasteiger partial charge in [-0.3, -0.25) is 13.9 Å². The van der Waals surface area contributed by atoms with E-state index in [9.17, 15) is 31.2 Å². The van der Waals surface area contributed by atoms with Crippen LogP contribution in [0, 0.1) is 0 Å². The van der Waals surface area contributed by atoms with Crippen LogP contribution < -0.4 is 9.62 Å². The lowest BCUT2D eigenvalue weighted by atomic mass is 10.0. The summed E-state index contributed by atoms with van der Waals surface area (Å²) in [6, 6.07) is 16.7. The molecule has 226 valence electrons. The van der Waals surface area contributed by atoms with E-state index in [1.807, 2.05) is 0 Å². The highest BCUT2D eigenvalue weighted by molar-refractivity contribution is 7.92. The third kappa shape index (κ3) is 9.11. The maximum absolute atomic E-state index is 14.0. The Hall–Kier alpha value is -3.28. The Morgan fingerprint density at radius 2 is 1.55 bits per heavy atom. The molecule has 3 rings (SSSR count). The molecule has 1 atom stereocenters. The van der Waals surface area contributed by atoms with E-state index in [4.69, 9.17) is 23.2 Å². The monoisotopic (exact) mass is 643 g/mol. The molecule has 0 saturated carbocycles. The quantitative estimate of drug-likeness (QED) is 0.280. The number of carbonyl (C=O) groups is 2. The molecule has 0 bridgehead atoms. The first-order valence-electron chi connectivity index (χ1n) is 12.8. The number of alkyl halides is 3. The minimum absolute atomic E-state index is 0.0940. The summed E-state index contributed by atoms with van der Waals surface area (Å²) in [5, 5.41) is 2.64. The van der Waals surface area contributed by atoms with Gasteiger partial charge in [-0.2, -0.15) is 13.2 Å². The average Bonchev–Trinajstić information content (AvgIpc) is 2.89. The van der Waals surface area contributed by atoms with E-state index in [0.29, 0.717) is 21.0 Å². The first-order chi connectivity index (χ1) is 19.6. The van der Waals surface area contributed by atoms with Crippen LogP contribution in [0.3, 0.4) is 0 Å². The number of benzene rings is 3. The number of amides is 2. The molecule has 2 amide bonds. The van der Waals surface area contributed by atoms with Gasteiger partial charge in [0.2, 0.25) is 21.8 Å². The molecule has 0 radical (unpaired) electrons. The highest BCUT2D eigenvalue weighted by atomic mass is 35.5. The number of nitrogens with zero attached hydrogens (tertiary/aromatic N) is 2. The third-order valence-electron chi connectivity index (χ3n) is 6.19. The van der Waals surface area contributed by atoms with Crippen molar-refractivity contribution in [2.75, 3.05) is 17.1 Å². The third-order valence-corrected chi connectivity index (χ3v) is 7.91. The van der Waals surface area contributed by atoms with Crippen molar-refractivity contribution in [3.8, 4) is 0 Å². The number of sulfonamides is 1. The van der Waals surface area contributed by atoms with Crippen molar-refractivity contribution < 1.29 is 31.2 Å². The van der Waals surface area contributed by atoms with Gasteiger partial charge in [0.1, 0.15) is 12.6 Å². The van der Waals surface area contributed by atoms with Crippen LogP contribution in [0.2, 0.25) is 10.0 Å². The molecule has 0 aromatic heterocycles. The van der Waals surface area contributed by atoms with Crippen molar-refractivity contribution in [1.82, 2.24) is 10.2 Å². The van der Waals surface area contributed by atoms with Crippen molar-refractivity contribution in [3.05, 3.63) is 99.5 Å². The lowest BCUT2D eigenvalue weighted by Gasteiger charge is -2.34. The van der Waals surface area contributed by atoms with Crippen molar-refractivity contribution >= 4 is 50.7 Å². The fourth-order valence-corrected chi connectivity index (χ4v) is 5.41. The van der Waals surface area contributed by atoms with Crippen LogP contribution in [-0.2, 0) is 38.8 Å². The minimum Gasteiger partial charge on any atom is -0.352 e. The predicted octanol–water partition coefficient (Wildman–Crippen LogP) is 5.94. The molecule has 1 N–H and O–H groups in total. The molecule has 0 saturated heterocycles. The SMILES string of the molecule is CC(C)NC(=O)[C@H](Cc1ccccc1)N(Cc1ccc(Cl)cc1)C(=O)CN(c1ccc(Cl)c(C(F)(F)F)c1)S(C)(=O)=O. The second kappa shape index (κ2) is 13.8. The standard InChI is InChI=1S/C29H30Cl2F3N3O4S/c1-19(2)35-28(39)26(15-20-7-5-4-6-8-20)36(17-21-9-11-22(30)12-10-21)27(38)18-37(42(3,40)41)23-13-14-25(31)24(16-23)29(32,33)34/h4-14,16,19,26H,15,17-18H2,1-3H3,(H,35,39)/t26-/m0/s1. The smallest absolute Gasteiger partial charge is 0.352 e. The van der Waals surface area contributed by atoms with Crippen LogP contribution in [0.5, 0.6) is 0 Å². The predicted molar refractivity (Wildman–Crippen MR) is 158 cm³/mol. The molecule has 0 fully saturated rings. The summed E-state index contributed by atoms with van der Waals surface area (Å²) in [7, 11) is -4.27. The molecule has 3 aromatic carbocycles. The average molecular weight is 645 g/mol. The summed E-state index contributed by atoms with van der Waals surface area (Å²) >= 11 is 11.8. The van der Waals surface area contributed by atoms with E-state index < -0.39 is 56.9 Å². The van der Waals surface area contributed by atoms with E-state index in [2.05, 4.69) is 5.32 Å². The van der Waals surface area contributed by atoms with E-state index >= 15 is 0 Å². The van der Waals surface area contributed by atoms with Crippen LogP contribution in [-0.4, -0.2) is 50.0 Å². The van der Waals surface area contributed by atoms with Gasteiger partial charge in [-0.05, 0) is 55.3 Å². The van der Waals surface area contributed by atoms with Gasteiger partial charge < -0.3 is 10.2 Å². The molecule has 13 heteroatoms. The lowest BCUT2D eigenvalue weighted by molar-refractivity contribution is -0.140.